The van der Waals surface area contributed by atoms with Crippen LogP contribution in [0.15, 0.2) is 0 Å². The van der Waals surface area contributed by atoms with E-state index in [1.165, 1.54) is 13.0 Å². The summed E-state index contributed by atoms with van der Waals surface area (Å²) in [6.07, 6.45) is 2.33. The third-order valence-corrected chi connectivity index (χ3v) is 2.56. The highest BCUT2D eigenvalue weighted by Gasteiger charge is 2.07. The lowest BCUT2D eigenvalue weighted by Crippen LogP contribution is -2.33. The van der Waals surface area contributed by atoms with Crippen molar-refractivity contribution in [2.45, 2.75) is 26.7 Å². The van der Waals surface area contributed by atoms with Gasteiger partial charge in [-0.2, -0.15) is 0 Å². The lowest BCUT2D eigenvalue weighted by molar-refractivity contribution is 0.137. The molecule has 0 radical (unpaired) electrons. The fraction of sp³-hybridized carbons (Fsp3) is 1.00. The molecule has 0 bridgehead atoms. The van der Waals surface area contributed by atoms with E-state index in [1.54, 1.807) is 7.11 Å². The van der Waals surface area contributed by atoms with Gasteiger partial charge in [-0.15, -0.1) is 0 Å². The first kappa shape index (κ1) is 13.9. The molecule has 0 aliphatic rings. The molecule has 0 aliphatic heterocycles. The second kappa shape index (κ2) is 9.44. The maximum absolute atomic E-state index is 5.51. The Hall–Kier alpha value is -0.120. The van der Waals surface area contributed by atoms with E-state index in [0.29, 0.717) is 0 Å². The minimum Gasteiger partial charge on any atom is -0.383 e. The minimum absolute atomic E-state index is 0.768. The molecule has 0 saturated carbocycles. The highest BCUT2D eigenvalue weighted by molar-refractivity contribution is 4.62. The average molecular weight is 202 g/mol. The molecule has 0 aromatic rings. The summed E-state index contributed by atoms with van der Waals surface area (Å²) in [4.78, 5) is 2.45. The first-order chi connectivity index (χ1) is 6.74. The molecule has 1 unspecified atom stereocenters. The van der Waals surface area contributed by atoms with Gasteiger partial charge in [0.2, 0.25) is 0 Å². The van der Waals surface area contributed by atoms with Crippen LogP contribution in [0.25, 0.3) is 0 Å². The molecule has 0 amide bonds. The fourth-order valence-corrected chi connectivity index (χ4v) is 1.40. The van der Waals surface area contributed by atoms with Crippen molar-refractivity contribution in [1.29, 1.82) is 0 Å². The van der Waals surface area contributed by atoms with Crippen LogP contribution in [0.2, 0.25) is 0 Å². The Balaban J connectivity index is 3.71. The van der Waals surface area contributed by atoms with Gasteiger partial charge in [-0.1, -0.05) is 20.3 Å². The number of nitrogens with zero attached hydrogens (tertiary/aromatic N) is 1. The van der Waals surface area contributed by atoms with E-state index in [-0.39, 0.29) is 0 Å². The zero-order valence-electron chi connectivity index (χ0n) is 9.96. The third-order valence-electron chi connectivity index (χ3n) is 2.56. The van der Waals surface area contributed by atoms with Crippen molar-refractivity contribution < 1.29 is 4.74 Å². The van der Waals surface area contributed by atoms with E-state index in [9.17, 15) is 0 Å². The maximum atomic E-state index is 5.51. The summed E-state index contributed by atoms with van der Waals surface area (Å²) in [5, 5.41) is 0. The van der Waals surface area contributed by atoms with Gasteiger partial charge >= 0.3 is 0 Å². The molecule has 0 fully saturated rings. The quantitative estimate of drug-likeness (QED) is 0.613. The lowest BCUT2D eigenvalue weighted by atomic mass is 10.1. The molecular formula is C11H26N2O. The van der Waals surface area contributed by atoms with E-state index < -0.39 is 0 Å². The van der Waals surface area contributed by atoms with Gasteiger partial charge in [0.05, 0.1) is 6.61 Å². The first-order valence-corrected chi connectivity index (χ1v) is 5.65. The molecule has 0 aromatic carbocycles. The van der Waals surface area contributed by atoms with E-state index in [2.05, 4.69) is 18.7 Å². The molecule has 0 aromatic heterocycles. The SMILES string of the molecule is CCC(C)CN(CCCN)CCOC. The van der Waals surface area contributed by atoms with Gasteiger partial charge in [0.1, 0.15) is 0 Å². The number of nitrogens with two attached hydrogens (primary N) is 1. The zero-order chi connectivity index (χ0) is 10.8. The molecule has 0 spiro atoms. The van der Waals surface area contributed by atoms with Crippen LogP contribution in [0.4, 0.5) is 0 Å². The van der Waals surface area contributed by atoms with Crippen LogP contribution >= 0.6 is 0 Å². The van der Waals surface area contributed by atoms with Crippen LogP contribution in [0.3, 0.4) is 0 Å². The minimum atomic E-state index is 0.768. The number of methoxy groups -OCH3 is 1. The maximum Gasteiger partial charge on any atom is 0.0589 e. The van der Waals surface area contributed by atoms with Crippen LogP contribution in [0.1, 0.15) is 26.7 Å². The standard InChI is InChI=1S/C11H26N2O/c1-4-11(2)10-13(7-5-6-12)8-9-14-3/h11H,4-10,12H2,1-3H3. The average Bonchev–Trinajstić information content (AvgIpc) is 2.21. The number of hydrogen-bond donors (Lipinski definition) is 1. The van der Waals surface area contributed by atoms with Crippen molar-refractivity contribution in [3.63, 3.8) is 0 Å². The molecular weight excluding hydrogens is 176 g/mol. The molecule has 14 heavy (non-hydrogen) atoms. The molecule has 0 aliphatic carbocycles. The summed E-state index contributed by atoms with van der Waals surface area (Å²) in [5.74, 6) is 0.768. The van der Waals surface area contributed by atoms with Crippen molar-refractivity contribution >= 4 is 0 Å². The van der Waals surface area contributed by atoms with Crippen molar-refractivity contribution in [3.8, 4) is 0 Å². The predicted molar refractivity (Wildman–Crippen MR) is 61.4 cm³/mol. The highest BCUT2D eigenvalue weighted by atomic mass is 16.5. The molecule has 3 heteroatoms. The van der Waals surface area contributed by atoms with Crippen LogP contribution in [0, 0.1) is 5.92 Å². The third kappa shape index (κ3) is 7.30. The Morgan fingerprint density at radius 1 is 1.36 bits per heavy atom. The Labute approximate surface area is 88.6 Å². The van der Waals surface area contributed by atoms with E-state index >= 15 is 0 Å². The van der Waals surface area contributed by atoms with Gasteiger partial charge in [-0.05, 0) is 25.4 Å². The van der Waals surface area contributed by atoms with Gasteiger partial charge in [0, 0.05) is 20.2 Å². The molecule has 0 heterocycles. The van der Waals surface area contributed by atoms with Gasteiger partial charge in [0.15, 0.2) is 0 Å². The Bertz CT molecular complexity index is 112. The monoisotopic (exact) mass is 202 g/mol. The van der Waals surface area contributed by atoms with Crippen LogP contribution in [-0.4, -0.2) is 44.8 Å². The van der Waals surface area contributed by atoms with E-state index in [0.717, 1.165) is 38.6 Å². The Kier molecular flexibility index (Phi) is 9.35. The smallest absolute Gasteiger partial charge is 0.0589 e. The van der Waals surface area contributed by atoms with Gasteiger partial charge in [-0.25, -0.2) is 0 Å². The van der Waals surface area contributed by atoms with Crippen LogP contribution < -0.4 is 5.73 Å². The summed E-state index contributed by atoms with van der Waals surface area (Å²) < 4.78 is 5.09. The van der Waals surface area contributed by atoms with Crippen molar-refractivity contribution in [2.75, 3.05) is 39.9 Å². The second-order valence-electron chi connectivity index (χ2n) is 3.95. The predicted octanol–water partition coefficient (Wildman–Crippen LogP) is 1.33. The largest absolute Gasteiger partial charge is 0.383 e. The van der Waals surface area contributed by atoms with Gasteiger partial charge in [0.25, 0.3) is 0 Å². The normalized spacial score (nSPS) is 13.5. The van der Waals surface area contributed by atoms with E-state index in [1.807, 2.05) is 0 Å². The highest BCUT2D eigenvalue weighted by Crippen LogP contribution is 2.04. The zero-order valence-corrected chi connectivity index (χ0v) is 9.96. The molecule has 1 atom stereocenters. The summed E-state index contributed by atoms with van der Waals surface area (Å²) in [6, 6.07) is 0. The Morgan fingerprint density at radius 3 is 2.57 bits per heavy atom. The lowest BCUT2D eigenvalue weighted by Gasteiger charge is -2.24. The van der Waals surface area contributed by atoms with Crippen LogP contribution in [-0.2, 0) is 4.74 Å². The van der Waals surface area contributed by atoms with Gasteiger partial charge in [-0.3, -0.25) is 0 Å². The van der Waals surface area contributed by atoms with Crippen LogP contribution in [0.5, 0.6) is 0 Å². The molecule has 0 saturated heterocycles. The summed E-state index contributed by atoms with van der Waals surface area (Å²) in [5.41, 5.74) is 5.51. The van der Waals surface area contributed by atoms with Gasteiger partial charge < -0.3 is 15.4 Å². The molecule has 0 rings (SSSR count). The summed E-state index contributed by atoms with van der Waals surface area (Å²) in [7, 11) is 1.75. The summed E-state index contributed by atoms with van der Waals surface area (Å²) in [6.45, 7) is 9.43. The van der Waals surface area contributed by atoms with Crippen molar-refractivity contribution in [1.82, 2.24) is 4.90 Å². The molecule has 2 N–H and O–H groups in total. The first-order valence-electron chi connectivity index (χ1n) is 5.65. The number of rotatable bonds is 9. The Morgan fingerprint density at radius 2 is 2.07 bits per heavy atom. The number of hydrogen-bond acceptors (Lipinski definition) is 3. The van der Waals surface area contributed by atoms with Crippen molar-refractivity contribution in [3.05, 3.63) is 0 Å². The van der Waals surface area contributed by atoms with Crippen molar-refractivity contribution in [2.24, 2.45) is 11.7 Å². The topological polar surface area (TPSA) is 38.5 Å². The molecule has 3 nitrogen and oxygen atoms in total. The summed E-state index contributed by atoms with van der Waals surface area (Å²) >= 11 is 0. The number of ether oxygens (including phenoxy) is 1. The fourth-order valence-electron chi connectivity index (χ4n) is 1.40. The van der Waals surface area contributed by atoms with E-state index in [4.69, 9.17) is 10.5 Å². The molecule has 86 valence electrons. The second-order valence-corrected chi connectivity index (χ2v) is 3.95.